The van der Waals surface area contributed by atoms with Crippen LogP contribution in [0.1, 0.15) is 11.4 Å². The van der Waals surface area contributed by atoms with Crippen molar-refractivity contribution in [2.24, 2.45) is 0 Å². The third-order valence-electron chi connectivity index (χ3n) is 7.58. The fourth-order valence-corrected chi connectivity index (χ4v) is 5.51. The maximum atomic E-state index is 6.37. The Morgan fingerprint density at radius 2 is 1.67 bits per heavy atom. The average molecular weight is 727 g/mol. The van der Waals surface area contributed by atoms with Crippen molar-refractivity contribution >= 4 is 33.2 Å². The molecule has 3 aromatic carbocycles. The molecule has 42 heavy (non-hydrogen) atoms. The second kappa shape index (κ2) is 10.2. The molecular formula is C34H23N6OPt-3. The van der Waals surface area contributed by atoms with Gasteiger partial charge in [0.25, 0.3) is 0 Å². The number of hydrogen-bond donors (Lipinski definition) is 0. The van der Waals surface area contributed by atoms with Crippen molar-refractivity contribution in [3.63, 3.8) is 0 Å². The summed E-state index contributed by atoms with van der Waals surface area (Å²) in [6.07, 6.45) is 5.47. The largest absolute Gasteiger partial charge is 0.509 e. The van der Waals surface area contributed by atoms with Gasteiger partial charge in [-0.3, -0.25) is 4.98 Å². The molecule has 0 bridgehead atoms. The van der Waals surface area contributed by atoms with Crippen LogP contribution in [0.2, 0.25) is 0 Å². The summed E-state index contributed by atoms with van der Waals surface area (Å²) in [6, 6.07) is 33.0. The molecule has 0 radical (unpaired) electrons. The molecule has 0 fully saturated rings. The Kier molecular flexibility index (Phi) is 6.32. The van der Waals surface area contributed by atoms with E-state index in [9.17, 15) is 0 Å². The van der Waals surface area contributed by atoms with E-state index < -0.39 is 0 Å². The third-order valence-corrected chi connectivity index (χ3v) is 7.58. The van der Waals surface area contributed by atoms with Crippen molar-refractivity contribution in [1.82, 2.24) is 24.1 Å². The Morgan fingerprint density at radius 3 is 2.55 bits per heavy atom. The zero-order valence-corrected chi connectivity index (χ0v) is 25.0. The van der Waals surface area contributed by atoms with Crippen LogP contribution in [-0.2, 0) is 21.1 Å². The fourth-order valence-electron chi connectivity index (χ4n) is 5.51. The Balaban J connectivity index is 0.00000288. The van der Waals surface area contributed by atoms with E-state index in [1.54, 1.807) is 12.4 Å². The van der Waals surface area contributed by atoms with E-state index in [4.69, 9.17) is 9.72 Å². The van der Waals surface area contributed by atoms with Gasteiger partial charge >= 0.3 is 0 Å². The van der Waals surface area contributed by atoms with Gasteiger partial charge in [-0.2, -0.15) is 12.1 Å². The summed E-state index contributed by atoms with van der Waals surface area (Å²) >= 11 is 0. The number of imidazole rings is 1. The van der Waals surface area contributed by atoms with Gasteiger partial charge in [-0.1, -0.05) is 48.1 Å². The normalized spacial score (nSPS) is 12.0. The van der Waals surface area contributed by atoms with Crippen molar-refractivity contribution in [3.05, 3.63) is 128 Å². The second-order valence-electron chi connectivity index (χ2n) is 9.98. The maximum Gasteiger partial charge on any atom is 0.135 e. The number of para-hydroxylation sites is 1. The smallest absolute Gasteiger partial charge is 0.135 e. The topological polar surface area (TPSA) is 61.0 Å². The van der Waals surface area contributed by atoms with Gasteiger partial charge in [0, 0.05) is 68.2 Å². The third kappa shape index (κ3) is 4.08. The monoisotopic (exact) mass is 726 g/mol. The quantitative estimate of drug-likeness (QED) is 0.175. The minimum Gasteiger partial charge on any atom is -0.509 e. The fraction of sp³-hybridized carbons (Fsp3) is 0.0588. The molecule has 0 atom stereocenters. The van der Waals surface area contributed by atoms with Crippen LogP contribution in [0.3, 0.4) is 0 Å². The zero-order valence-electron chi connectivity index (χ0n) is 22.7. The van der Waals surface area contributed by atoms with E-state index >= 15 is 0 Å². The number of aryl methyl sites for hydroxylation is 1. The van der Waals surface area contributed by atoms with E-state index in [1.807, 2.05) is 73.8 Å². The molecule has 0 spiro atoms. The number of rotatable bonds is 4. The van der Waals surface area contributed by atoms with Crippen LogP contribution in [0.4, 0.5) is 11.4 Å². The van der Waals surface area contributed by atoms with Crippen LogP contribution >= 0.6 is 0 Å². The molecule has 1 aliphatic rings. The Labute approximate surface area is 257 Å². The van der Waals surface area contributed by atoms with Gasteiger partial charge in [-0.05, 0) is 54.5 Å². The number of benzene rings is 3. The van der Waals surface area contributed by atoms with Crippen LogP contribution in [0.5, 0.6) is 11.5 Å². The van der Waals surface area contributed by atoms with Crippen molar-refractivity contribution in [2.45, 2.75) is 13.8 Å². The van der Waals surface area contributed by atoms with Crippen molar-refractivity contribution in [2.75, 3.05) is 4.90 Å². The van der Waals surface area contributed by atoms with Crippen molar-refractivity contribution in [1.29, 1.82) is 0 Å². The molecule has 0 saturated carbocycles. The summed E-state index contributed by atoms with van der Waals surface area (Å²) < 4.78 is 10.6. The Bertz CT molecular complexity index is 2100. The number of pyridine rings is 2. The first kappa shape index (κ1) is 26.1. The van der Waals surface area contributed by atoms with Gasteiger partial charge in [0.1, 0.15) is 5.82 Å². The number of aromatic nitrogens is 5. The predicted octanol–water partition coefficient (Wildman–Crippen LogP) is 7.56. The van der Waals surface area contributed by atoms with Gasteiger partial charge < -0.3 is 23.8 Å². The van der Waals surface area contributed by atoms with Crippen LogP contribution in [0.15, 0.2) is 97.5 Å². The summed E-state index contributed by atoms with van der Waals surface area (Å²) in [5.74, 6) is 2.94. The predicted molar refractivity (Wildman–Crippen MR) is 160 cm³/mol. The van der Waals surface area contributed by atoms with E-state index in [0.29, 0.717) is 11.5 Å². The standard InChI is InChI=1S/C34H23N6O.Pt/c1-22-23(2)38-21-39(30-11-4-3-10-28(30)34(38)37-22)24-8-7-9-25(18-24)41-26-13-14-27-29-20-35-17-15-31(29)40(32(27)19-26)33-12-5-6-16-36-33;/h3-17,20-21H,1-2H3;/q-3;. The first-order valence-electron chi connectivity index (χ1n) is 13.4. The van der Waals surface area contributed by atoms with Crippen LogP contribution < -0.4 is 9.64 Å². The van der Waals surface area contributed by atoms with Crippen LogP contribution in [0.25, 0.3) is 39.0 Å². The molecule has 0 saturated heterocycles. The number of fused-ring (bicyclic) bond motifs is 6. The number of hydrogen-bond acceptors (Lipinski definition) is 5. The average Bonchev–Trinajstić information content (AvgIpc) is 3.50. The van der Waals surface area contributed by atoms with Gasteiger partial charge in [-0.25, -0.2) is 4.98 Å². The maximum absolute atomic E-state index is 6.37. The first-order valence-corrected chi connectivity index (χ1v) is 13.4. The Morgan fingerprint density at radius 1 is 0.810 bits per heavy atom. The molecule has 5 heterocycles. The minimum atomic E-state index is 0. The van der Waals surface area contributed by atoms with Gasteiger partial charge in [0.2, 0.25) is 0 Å². The molecule has 0 unspecified atom stereocenters. The number of ether oxygens (including phenoxy) is 1. The molecule has 8 heteroatoms. The second-order valence-corrected chi connectivity index (χ2v) is 9.98. The summed E-state index contributed by atoms with van der Waals surface area (Å²) in [4.78, 5) is 15.9. The molecule has 4 aromatic heterocycles. The van der Waals surface area contributed by atoms with Crippen molar-refractivity contribution < 1.29 is 25.8 Å². The zero-order chi connectivity index (χ0) is 27.5. The van der Waals surface area contributed by atoms with Crippen molar-refractivity contribution in [3.8, 4) is 28.7 Å². The molecule has 7 nitrogen and oxygen atoms in total. The van der Waals surface area contributed by atoms with Gasteiger partial charge in [0.15, 0.2) is 0 Å². The Hall–Kier alpha value is -4.87. The van der Waals surface area contributed by atoms with Crippen LogP contribution in [-0.4, -0.2) is 24.1 Å². The minimum absolute atomic E-state index is 0. The van der Waals surface area contributed by atoms with E-state index in [-0.39, 0.29) is 21.1 Å². The summed E-state index contributed by atoms with van der Waals surface area (Å²) in [7, 11) is 0. The molecule has 208 valence electrons. The summed E-state index contributed by atoms with van der Waals surface area (Å²) in [5.41, 5.74) is 6.98. The van der Waals surface area contributed by atoms with Crippen LogP contribution in [0, 0.1) is 32.6 Å². The SMILES string of the molecule is Cc1nc2n(c1C)[CH-]N(c1[c-]c(Oc3[c-]c4c(cc3)c3cnccc3n4-c3ccccn3)ccc1)c1ccccc1-2.[Pt]. The first-order chi connectivity index (χ1) is 20.2. The number of anilines is 2. The molecule has 8 rings (SSSR count). The summed E-state index contributed by atoms with van der Waals surface area (Å²) in [6.45, 7) is 6.20. The van der Waals surface area contributed by atoms with E-state index in [0.717, 1.165) is 61.8 Å². The molecule has 1 aliphatic heterocycles. The summed E-state index contributed by atoms with van der Waals surface area (Å²) in [5, 5.41) is 2.07. The van der Waals surface area contributed by atoms with E-state index in [1.165, 1.54) is 0 Å². The van der Waals surface area contributed by atoms with E-state index in [2.05, 4.69) is 67.9 Å². The van der Waals surface area contributed by atoms with Gasteiger partial charge in [-0.15, -0.1) is 35.7 Å². The molecule has 0 aliphatic carbocycles. The molecular weight excluding hydrogens is 703 g/mol. The number of nitrogens with zero attached hydrogens (tertiary/aromatic N) is 6. The molecule has 7 aromatic rings. The molecule has 0 amide bonds. The van der Waals surface area contributed by atoms with Gasteiger partial charge in [0.05, 0.1) is 0 Å². The molecule has 0 N–H and O–H groups in total.